The molecule has 18 heavy (non-hydrogen) atoms. The summed E-state index contributed by atoms with van der Waals surface area (Å²) in [6.07, 6.45) is 2.90. The fraction of sp³-hybridized carbons (Fsp3) is 0.562. The second-order valence-electron chi connectivity index (χ2n) is 6.38. The highest BCUT2D eigenvalue weighted by Gasteiger charge is 2.29. The number of aliphatic hydroxyl groups excluding tert-OH is 1. The maximum atomic E-state index is 12.1. The number of carbonyl (C=O) groups excluding carboxylic acids is 1. The van der Waals surface area contributed by atoms with Crippen LogP contribution in [0.5, 0.6) is 0 Å². The number of ketones is 1. The molecule has 2 nitrogen and oxygen atoms in total. The molecule has 1 aliphatic carbocycles. The zero-order chi connectivity index (χ0) is 13.3. The summed E-state index contributed by atoms with van der Waals surface area (Å²) in [4.78, 5) is 12.1. The first-order valence-corrected chi connectivity index (χ1v) is 6.72. The molecule has 0 bridgehead atoms. The Morgan fingerprint density at radius 1 is 1.22 bits per heavy atom. The summed E-state index contributed by atoms with van der Waals surface area (Å²) in [6, 6.07) is 7.77. The van der Waals surface area contributed by atoms with Gasteiger partial charge in [0.05, 0.1) is 0 Å². The molecule has 1 atom stereocenters. The average molecular weight is 246 g/mol. The van der Waals surface area contributed by atoms with Crippen LogP contribution in [0.3, 0.4) is 0 Å². The van der Waals surface area contributed by atoms with E-state index in [4.69, 9.17) is 0 Å². The maximum absolute atomic E-state index is 12.1. The summed E-state index contributed by atoms with van der Waals surface area (Å²) in [6.45, 7) is 5.62. The standard InChI is InChI=1S/C16H22O2/c1-16(2,3)15(18)14(17)13-9-7-12(8-10-13)11-5-4-6-11/h7-11,15,18H,4-6H2,1-3H3. The van der Waals surface area contributed by atoms with E-state index in [9.17, 15) is 9.90 Å². The summed E-state index contributed by atoms with van der Waals surface area (Å²) in [7, 11) is 0. The van der Waals surface area contributed by atoms with Gasteiger partial charge in [-0.3, -0.25) is 4.79 Å². The van der Waals surface area contributed by atoms with Crippen LogP contribution in [-0.4, -0.2) is 17.0 Å². The number of hydrogen-bond donors (Lipinski definition) is 1. The number of benzene rings is 1. The summed E-state index contributed by atoms with van der Waals surface area (Å²) >= 11 is 0. The second-order valence-corrected chi connectivity index (χ2v) is 6.38. The van der Waals surface area contributed by atoms with Crippen LogP contribution < -0.4 is 0 Å². The predicted octanol–water partition coefficient (Wildman–Crippen LogP) is 3.54. The van der Waals surface area contributed by atoms with Gasteiger partial charge >= 0.3 is 0 Å². The molecule has 1 fully saturated rings. The molecular weight excluding hydrogens is 224 g/mol. The Morgan fingerprint density at radius 2 is 1.78 bits per heavy atom. The first kappa shape index (κ1) is 13.3. The lowest BCUT2D eigenvalue weighted by Crippen LogP contribution is -2.34. The van der Waals surface area contributed by atoms with Crippen molar-refractivity contribution in [3.8, 4) is 0 Å². The van der Waals surface area contributed by atoms with Gasteiger partial charge in [-0.1, -0.05) is 51.5 Å². The average Bonchev–Trinajstić information content (AvgIpc) is 2.24. The molecule has 98 valence electrons. The first-order valence-electron chi connectivity index (χ1n) is 6.72. The molecule has 0 aromatic heterocycles. The van der Waals surface area contributed by atoms with Crippen molar-refractivity contribution in [3.63, 3.8) is 0 Å². The Bertz CT molecular complexity index is 421. The topological polar surface area (TPSA) is 37.3 Å². The predicted molar refractivity (Wildman–Crippen MR) is 72.8 cm³/mol. The van der Waals surface area contributed by atoms with Gasteiger partial charge in [0, 0.05) is 5.56 Å². The molecule has 0 spiro atoms. The Morgan fingerprint density at radius 3 is 2.17 bits per heavy atom. The minimum atomic E-state index is -0.938. The zero-order valence-electron chi connectivity index (χ0n) is 11.4. The highest BCUT2D eigenvalue weighted by atomic mass is 16.3. The molecule has 0 radical (unpaired) electrons. The molecule has 2 heteroatoms. The van der Waals surface area contributed by atoms with Crippen molar-refractivity contribution < 1.29 is 9.90 Å². The lowest BCUT2D eigenvalue weighted by molar-refractivity contribution is 0.0442. The SMILES string of the molecule is CC(C)(C)C(O)C(=O)c1ccc(C2CCC2)cc1. The summed E-state index contributed by atoms with van der Waals surface area (Å²) < 4.78 is 0. The lowest BCUT2D eigenvalue weighted by atomic mass is 9.79. The van der Waals surface area contributed by atoms with Gasteiger partial charge in [0.1, 0.15) is 6.10 Å². The van der Waals surface area contributed by atoms with E-state index in [1.54, 1.807) is 0 Å². The first-order chi connectivity index (χ1) is 8.39. The molecule has 1 aromatic carbocycles. The smallest absolute Gasteiger partial charge is 0.191 e. The third-order valence-electron chi connectivity index (χ3n) is 3.84. The number of carbonyl (C=O) groups is 1. The summed E-state index contributed by atoms with van der Waals surface area (Å²) in [5.41, 5.74) is 1.52. The van der Waals surface area contributed by atoms with Gasteiger partial charge in [0.2, 0.25) is 0 Å². The van der Waals surface area contributed by atoms with Crippen LogP contribution in [-0.2, 0) is 0 Å². The Labute approximate surface area is 109 Å². The second kappa shape index (κ2) is 4.85. The van der Waals surface area contributed by atoms with Crippen molar-refractivity contribution >= 4 is 5.78 Å². The monoisotopic (exact) mass is 246 g/mol. The van der Waals surface area contributed by atoms with Crippen molar-refractivity contribution in [2.75, 3.05) is 0 Å². The quantitative estimate of drug-likeness (QED) is 0.828. The van der Waals surface area contributed by atoms with E-state index in [1.165, 1.54) is 24.8 Å². The number of rotatable bonds is 3. The van der Waals surface area contributed by atoms with E-state index in [2.05, 4.69) is 0 Å². The van der Waals surface area contributed by atoms with E-state index >= 15 is 0 Å². The molecular formula is C16H22O2. The Hall–Kier alpha value is -1.15. The van der Waals surface area contributed by atoms with Crippen LogP contribution in [0, 0.1) is 5.41 Å². The van der Waals surface area contributed by atoms with Crippen molar-refractivity contribution in [2.45, 2.75) is 52.1 Å². The highest BCUT2D eigenvalue weighted by Crippen LogP contribution is 2.36. The van der Waals surface area contributed by atoms with Gasteiger partial charge in [0.15, 0.2) is 5.78 Å². The fourth-order valence-electron chi connectivity index (χ4n) is 2.21. The van der Waals surface area contributed by atoms with Crippen LogP contribution >= 0.6 is 0 Å². The van der Waals surface area contributed by atoms with Crippen LogP contribution in [0.15, 0.2) is 24.3 Å². The van der Waals surface area contributed by atoms with Gasteiger partial charge < -0.3 is 5.11 Å². The van der Waals surface area contributed by atoms with Crippen LogP contribution in [0.1, 0.15) is 61.9 Å². The third kappa shape index (κ3) is 2.64. The highest BCUT2D eigenvalue weighted by molar-refractivity contribution is 5.99. The van der Waals surface area contributed by atoms with Crippen LogP contribution in [0.4, 0.5) is 0 Å². The molecule has 0 amide bonds. The van der Waals surface area contributed by atoms with Crippen molar-refractivity contribution in [1.29, 1.82) is 0 Å². The number of Topliss-reactive ketones (excluding diaryl/α,β-unsaturated/α-hetero) is 1. The van der Waals surface area contributed by atoms with E-state index < -0.39 is 11.5 Å². The minimum Gasteiger partial charge on any atom is -0.384 e. The minimum absolute atomic E-state index is 0.178. The molecule has 1 aliphatic rings. The number of aliphatic hydroxyl groups is 1. The summed E-state index contributed by atoms with van der Waals surface area (Å²) in [5, 5.41) is 9.99. The lowest BCUT2D eigenvalue weighted by Gasteiger charge is -2.26. The number of hydrogen-bond acceptors (Lipinski definition) is 2. The van der Waals surface area contributed by atoms with Gasteiger partial charge in [-0.2, -0.15) is 0 Å². The molecule has 0 aliphatic heterocycles. The van der Waals surface area contributed by atoms with Crippen LogP contribution in [0.25, 0.3) is 0 Å². The maximum Gasteiger partial charge on any atom is 0.191 e. The van der Waals surface area contributed by atoms with E-state index in [-0.39, 0.29) is 5.78 Å². The normalized spacial score (nSPS) is 18.2. The van der Waals surface area contributed by atoms with Gasteiger partial charge in [0.25, 0.3) is 0 Å². The fourth-order valence-corrected chi connectivity index (χ4v) is 2.21. The van der Waals surface area contributed by atoms with E-state index in [0.717, 1.165) is 0 Å². The van der Waals surface area contributed by atoms with Crippen molar-refractivity contribution in [2.24, 2.45) is 5.41 Å². The largest absolute Gasteiger partial charge is 0.384 e. The Kier molecular flexibility index (Phi) is 3.58. The van der Waals surface area contributed by atoms with Gasteiger partial charge in [-0.25, -0.2) is 0 Å². The van der Waals surface area contributed by atoms with Gasteiger partial charge in [-0.15, -0.1) is 0 Å². The molecule has 1 saturated carbocycles. The molecule has 1 aromatic rings. The van der Waals surface area contributed by atoms with Gasteiger partial charge in [-0.05, 0) is 29.7 Å². The van der Waals surface area contributed by atoms with Crippen molar-refractivity contribution in [1.82, 2.24) is 0 Å². The molecule has 0 saturated heterocycles. The van der Waals surface area contributed by atoms with Crippen molar-refractivity contribution in [3.05, 3.63) is 35.4 Å². The summed E-state index contributed by atoms with van der Waals surface area (Å²) in [5.74, 6) is 0.504. The van der Waals surface area contributed by atoms with Crippen LogP contribution in [0.2, 0.25) is 0 Å². The third-order valence-corrected chi connectivity index (χ3v) is 3.84. The van der Waals surface area contributed by atoms with E-state index in [0.29, 0.717) is 11.5 Å². The molecule has 1 N–H and O–H groups in total. The van der Waals surface area contributed by atoms with E-state index in [1.807, 2.05) is 45.0 Å². The zero-order valence-corrected chi connectivity index (χ0v) is 11.4. The Balaban J connectivity index is 2.11. The molecule has 2 rings (SSSR count). The molecule has 1 unspecified atom stereocenters. The molecule has 0 heterocycles.